The average molecular weight is 492 g/mol. The van der Waals surface area contributed by atoms with Crippen molar-refractivity contribution >= 4 is 17.8 Å². The van der Waals surface area contributed by atoms with Crippen molar-refractivity contribution in [1.29, 1.82) is 0 Å². The van der Waals surface area contributed by atoms with Gasteiger partial charge in [0.2, 0.25) is 0 Å². The van der Waals surface area contributed by atoms with Crippen molar-refractivity contribution in [3.63, 3.8) is 0 Å². The van der Waals surface area contributed by atoms with Gasteiger partial charge in [0, 0.05) is 58.0 Å². The molecule has 0 amide bonds. The molecule has 0 N–H and O–H groups in total. The molecule has 1 fully saturated rings. The molecule has 36 heavy (non-hydrogen) atoms. The Bertz CT molecular complexity index is 1130. The van der Waals surface area contributed by atoms with Crippen LogP contribution in [-0.2, 0) is 14.4 Å². The van der Waals surface area contributed by atoms with Crippen LogP contribution < -0.4 is 9.47 Å². The van der Waals surface area contributed by atoms with Crippen LogP contribution in [0.3, 0.4) is 0 Å². The maximum absolute atomic E-state index is 11.7. The van der Waals surface area contributed by atoms with E-state index in [-0.39, 0.29) is 18.6 Å². The second-order valence-electron chi connectivity index (χ2n) is 9.58. The molecule has 8 heteroatoms. The molecule has 3 aliphatic heterocycles. The third-order valence-corrected chi connectivity index (χ3v) is 6.82. The first kappa shape index (κ1) is 24.5. The molecule has 8 nitrogen and oxygen atoms in total. The highest BCUT2D eigenvalue weighted by Gasteiger charge is 2.41. The Kier molecular flexibility index (Phi) is 7.65. The topological polar surface area (TPSA) is 72.8 Å². The maximum atomic E-state index is 11.7. The zero-order valence-electron chi connectivity index (χ0n) is 20.9. The van der Waals surface area contributed by atoms with Crippen LogP contribution in [0.15, 0.2) is 59.3 Å². The summed E-state index contributed by atoms with van der Waals surface area (Å²) in [4.78, 5) is 22.6. The highest BCUT2D eigenvalue weighted by Crippen LogP contribution is 2.36. The van der Waals surface area contributed by atoms with E-state index >= 15 is 0 Å². The molecule has 3 aliphatic rings. The van der Waals surface area contributed by atoms with Gasteiger partial charge in [-0.3, -0.25) is 9.80 Å². The summed E-state index contributed by atoms with van der Waals surface area (Å²) in [6.07, 6.45) is 2.24. The number of benzene rings is 2. The van der Waals surface area contributed by atoms with Gasteiger partial charge in [0.25, 0.3) is 0 Å². The first-order chi connectivity index (χ1) is 17.6. The van der Waals surface area contributed by atoms with Crippen LogP contribution in [0, 0.1) is 5.92 Å². The summed E-state index contributed by atoms with van der Waals surface area (Å²) in [5.74, 6) is 0.727. The van der Waals surface area contributed by atoms with Crippen molar-refractivity contribution in [2.45, 2.75) is 13.0 Å². The standard InChI is InChI=1S/C28H33N3O5/c1-20(14-21-6-4-3-5-7-21)16-30-10-12-31(13-11-30)17-26-24-18-34-25-15-22(35-27(32)19-33-2)8-9-23(25)28(24)29-36-26/h3-9,14-15,24,26H,10-13,16-19H2,1-2H3/b20-14+/t24-,26-/m0/s1. The number of carbonyl (C=O) groups excluding carboxylic acids is 1. The molecule has 190 valence electrons. The van der Waals surface area contributed by atoms with E-state index in [9.17, 15) is 4.79 Å². The van der Waals surface area contributed by atoms with E-state index in [1.807, 2.05) is 12.1 Å². The monoisotopic (exact) mass is 491 g/mol. The molecule has 3 heterocycles. The highest BCUT2D eigenvalue weighted by molar-refractivity contribution is 6.06. The van der Waals surface area contributed by atoms with Crippen LogP contribution in [0.25, 0.3) is 6.08 Å². The van der Waals surface area contributed by atoms with Crippen molar-refractivity contribution < 1.29 is 23.8 Å². The van der Waals surface area contributed by atoms with E-state index in [0.29, 0.717) is 18.1 Å². The molecule has 0 radical (unpaired) electrons. The summed E-state index contributed by atoms with van der Waals surface area (Å²) < 4.78 is 16.1. The van der Waals surface area contributed by atoms with Crippen LogP contribution in [0.5, 0.6) is 11.5 Å². The van der Waals surface area contributed by atoms with E-state index < -0.39 is 5.97 Å². The second kappa shape index (κ2) is 11.2. The minimum Gasteiger partial charge on any atom is -0.492 e. The molecule has 2 aromatic carbocycles. The summed E-state index contributed by atoms with van der Waals surface area (Å²) >= 11 is 0. The van der Waals surface area contributed by atoms with Gasteiger partial charge in [0.05, 0.1) is 5.92 Å². The number of hydrogen-bond acceptors (Lipinski definition) is 8. The van der Waals surface area contributed by atoms with Crippen LogP contribution in [-0.4, -0.2) is 87.2 Å². The van der Waals surface area contributed by atoms with Gasteiger partial charge in [-0.15, -0.1) is 0 Å². The van der Waals surface area contributed by atoms with E-state index in [1.54, 1.807) is 12.1 Å². The van der Waals surface area contributed by atoms with Crippen molar-refractivity contribution in [2.24, 2.45) is 11.1 Å². The first-order valence-electron chi connectivity index (χ1n) is 12.5. The number of fused-ring (bicyclic) bond motifs is 3. The fourth-order valence-corrected chi connectivity index (χ4v) is 5.01. The molecule has 2 atom stereocenters. The van der Waals surface area contributed by atoms with Crippen LogP contribution in [0.4, 0.5) is 0 Å². The smallest absolute Gasteiger partial charge is 0.337 e. The Hall–Kier alpha value is -3.20. The van der Waals surface area contributed by atoms with E-state index in [2.05, 4.69) is 52.2 Å². The SMILES string of the molecule is COCC(=O)Oc1ccc2c(c1)OC[C@@H]1C2=NO[C@H]1CN1CCN(C/C(C)=C/c2ccccc2)CC1. The highest BCUT2D eigenvalue weighted by atomic mass is 16.6. The molecular weight excluding hydrogens is 458 g/mol. The third-order valence-electron chi connectivity index (χ3n) is 6.82. The molecular formula is C28H33N3O5. The van der Waals surface area contributed by atoms with Gasteiger partial charge in [-0.05, 0) is 24.6 Å². The van der Waals surface area contributed by atoms with Crippen molar-refractivity contribution in [3.05, 3.63) is 65.2 Å². The number of methoxy groups -OCH3 is 1. The minimum atomic E-state index is -0.449. The van der Waals surface area contributed by atoms with Gasteiger partial charge in [0.15, 0.2) is 6.10 Å². The number of rotatable bonds is 8. The van der Waals surface area contributed by atoms with E-state index in [1.165, 1.54) is 18.2 Å². The summed E-state index contributed by atoms with van der Waals surface area (Å²) in [5.41, 5.74) is 4.44. The molecule has 0 unspecified atom stereocenters. The third kappa shape index (κ3) is 5.78. The normalized spacial score (nSPS) is 22.2. The summed E-state index contributed by atoms with van der Waals surface area (Å²) in [5, 5.41) is 4.42. The van der Waals surface area contributed by atoms with Gasteiger partial charge < -0.3 is 19.0 Å². The van der Waals surface area contributed by atoms with E-state index in [0.717, 1.165) is 50.5 Å². The molecule has 5 rings (SSSR count). The Morgan fingerprint density at radius 3 is 2.67 bits per heavy atom. The van der Waals surface area contributed by atoms with Gasteiger partial charge in [0.1, 0.15) is 30.4 Å². The van der Waals surface area contributed by atoms with Gasteiger partial charge in [-0.1, -0.05) is 47.1 Å². The molecule has 0 aliphatic carbocycles. The minimum absolute atomic E-state index is 0.0291. The zero-order valence-corrected chi connectivity index (χ0v) is 20.9. The molecule has 1 saturated heterocycles. The summed E-state index contributed by atoms with van der Waals surface area (Å²) in [6, 6.07) is 15.8. The lowest BCUT2D eigenvalue weighted by Gasteiger charge is -2.36. The number of oxime groups is 1. The molecule has 0 aromatic heterocycles. The Morgan fingerprint density at radius 2 is 1.89 bits per heavy atom. The second-order valence-corrected chi connectivity index (χ2v) is 9.58. The Balaban J connectivity index is 1.12. The Labute approximate surface area is 212 Å². The maximum Gasteiger partial charge on any atom is 0.337 e. The quantitative estimate of drug-likeness (QED) is 0.415. The van der Waals surface area contributed by atoms with Crippen LogP contribution >= 0.6 is 0 Å². The zero-order chi connectivity index (χ0) is 24.9. The number of esters is 1. The van der Waals surface area contributed by atoms with Crippen molar-refractivity contribution in [2.75, 3.05) is 59.6 Å². The van der Waals surface area contributed by atoms with Gasteiger partial charge in [-0.2, -0.15) is 0 Å². The fourth-order valence-electron chi connectivity index (χ4n) is 5.01. The number of hydrogen-bond donors (Lipinski definition) is 0. The molecule has 0 bridgehead atoms. The molecule has 0 saturated carbocycles. The number of ether oxygens (including phenoxy) is 3. The lowest BCUT2D eigenvalue weighted by atomic mass is 9.90. The molecule has 0 spiro atoms. The number of carbonyl (C=O) groups is 1. The average Bonchev–Trinajstić information content (AvgIpc) is 3.29. The van der Waals surface area contributed by atoms with E-state index in [4.69, 9.17) is 19.0 Å². The number of piperazine rings is 1. The van der Waals surface area contributed by atoms with Gasteiger partial charge >= 0.3 is 5.97 Å². The summed E-state index contributed by atoms with van der Waals surface area (Å²) in [7, 11) is 1.46. The van der Waals surface area contributed by atoms with Crippen LogP contribution in [0.1, 0.15) is 18.1 Å². The predicted octanol–water partition coefficient (Wildman–Crippen LogP) is 3.07. The lowest BCUT2D eigenvalue weighted by Crippen LogP contribution is -2.50. The Morgan fingerprint density at radius 1 is 1.11 bits per heavy atom. The van der Waals surface area contributed by atoms with Crippen molar-refractivity contribution in [1.82, 2.24) is 9.80 Å². The van der Waals surface area contributed by atoms with Crippen molar-refractivity contribution in [3.8, 4) is 11.5 Å². The molecule has 2 aromatic rings. The first-order valence-corrected chi connectivity index (χ1v) is 12.5. The van der Waals surface area contributed by atoms with Gasteiger partial charge in [-0.25, -0.2) is 4.79 Å². The predicted molar refractivity (Wildman–Crippen MR) is 137 cm³/mol. The lowest BCUT2D eigenvalue weighted by molar-refractivity contribution is -0.138. The number of nitrogens with zero attached hydrogens (tertiary/aromatic N) is 3. The van der Waals surface area contributed by atoms with Crippen LogP contribution in [0.2, 0.25) is 0 Å². The fraction of sp³-hybridized carbons (Fsp3) is 0.429. The summed E-state index contributed by atoms with van der Waals surface area (Å²) in [6.45, 7) is 8.52. The largest absolute Gasteiger partial charge is 0.492 e.